The second-order valence-corrected chi connectivity index (χ2v) is 5.17. The zero-order valence-electron chi connectivity index (χ0n) is 13.6. The van der Waals surface area contributed by atoms with E-state index in [2.05, 4.69) is 5.32 Å². The first kappa shape index (κ1) is 17.7. The number of halogens is 1. The molecule has 0 saturated heterocycles. The molecule has 0 atom stereocenters. The highest BCUT2D eigenvalue weighted by Gasteiger charge is 2.10. The van der Waals surface area contributed by atoms with Crippen LogP contribution in [0.15, 0.2) is 36.4 Å². The first-order chi connectivity index (χ1) is 11.5. The Morgan fingerprint density at radius 3 is 2.17 bits per heavy atom. The molecule has 2 aromatic carbocycles. The summed E-state index contributed by atoms with van der Waals surface area (Å²) in [6.45, 7) is -0.189. The fourth-order valence-corrected chi connectivity index (χ4v) is 2.15. The van der Waals surface area contributed by atoms with Gasteiger partial charge in [0.05, 0.1) is 27.0 Å². The number of rotatable bonds is 7. The summed E-state index contributed by atoms with van der Waals surface area (Å²) in [6, 6.07) is 9.99. The quantitative estimate of drug-likeness (QED) is 0.828. The summed E-state index contributed by atoms with van der Waals surface area (Å²) in [7, 11) is 4.59. The topological polar surface area (TPSA) is 66.0 Å². The standard InChI is InChI=1S/C17H18ClNO5/c1-21-12-7-13(22-2)9-14(8-12)24-10-17(20)19-15-6-11(18)4-5-16(15)23-3/h4-9H,10H2,1-3H3,(H,19,20). The molecule has 0 aliphatic carbocycles. The van der Waals surface area contributed by atoms with Gasteiger partial charge in [-0.1, -0.05) is 11.6 Å². The highest BCUT2D eigenvalue weighted by atomic mass is 35.5. The summed E-state index contributed by atoms with van der Waals surface area (Å²) in [4.78, 5) is 12.1. The van der Waals surface area contributed by atoms with Crippen LogP contribution in [-0.2, 0) is 4.79 Å². The third-order valence-corrected chi connectivity index (χ3v) is 3.37. The van der Waals surface area contributed by atoms with Crippen LogP contribution in [0, 0.1) is 0 Å². The fraction of sp³-hybridized carbons (Fsp3) is 0.235. The molecule has 6 nitrogen and oxygen atoms in total. The molecule has 2 rings (SSSR count). The number of carbonyl (C=O) groups is 1. The maximum Gasteiger partial charge on any atom is 0.262 e. The minimum absolute atomic E-state index is 0.189. The SMILES string of the molecule is COc1cc(OC)cc(OCC(=O)Nc2cc(Cl)ccc2OC)c1. The Labute approximate surface area is 145 Å². The highest BCUT2D eigenvalue weighted by molar-refractivity contribution is 6.31. The van der Waals surface area contributed by atoms with Gasteiger partial charge in [0, 0.05) is 23.2 Å². The van der Waals surface area contributed by atoms with Gasteiger partial charge >= 0.3 is 0 Å². The lowest BCUT2D eigenvalue weighted by Gasteiger charge is -2.12. The van der Waals surface area contributed by atoms with Gasteiger partial charge in [-0.3, -0.25) is 4.79 Å². The van der Waals surface area contributed by atoms with Crippen molar-refractivity contribution in [2.45, 2.75) is 0 Å². The first-order valence-electron chi connectivity index (χ1n) is 7.05. The molecule has 0 spiro atoms. The van der Waals surface area contributed by atoms with Crippen LogP contribution in [0.2, 0.25) is 5.02 Å². The molecule has 0 heterocycles. The Hall–Kier alpha value is -2.60. The summed E-state index contributed by atoms with van der Waals surface area (Å²) in [5, 5.41) is 3.18. The molecule has 0 fully saturated rings. The lowest BCUT2D eigenvalue weighted by Crippen LogP contribution is -2.20. The molecule has 0 aliphatic rings. The van der Waals surface area contributed by atoms with Gasteiger partial charge in [-0.05, 0) is 18.2 Å². The van der Waals surface area contributed by atoms with Gasteiger partial charge in [-0.2, -0.15) is 0 Å². The zero-order valence-corrected chi connectivity index (χ0v) is 14.3. The Morgan fingerprint density at radius 2 is 1.58 bits per heavy atom. The summed E-state index contributed by atoms with van der Waals surface area (Å²) in [5.41, 5.74) is 0.474. The van der Waals surface area contributed by atoms with E-state index in [4.69, 9.17) is 30.5 Å². The van der Waals surface area contributed by atoms with E-state index in [1.807, 2.05) is 0 Å². The number of benzene rings is 2. The number of ether oxygens (including phenoxy) is 4. The van der Waals surface area contributed by atoms with Crippen LogP contribution in [0.4, 0.5) is 5.69 Å². The van der Waals surface area contributed by atoms with Crippen molar-refractivity contribution >= 4 is 23.2 Å². The van der Waals surface area contributed by atoms with Crippen molar-refractivity contribution in [2.24, 2.45) is 0 Å². The smallest absolute Gasteiger partial charge is 0.262 e. The second kappa shape index (κ2) is 8.31. The molecule has 1 amide bonds. The summed E-state index contributed by atoms with van der Waals surface area (Å²) in [5.74, 6) is 1.76. The Bertz CT molecular complexity index is 698. The minimum Gasteiger partial charge on any atom is -0.496 e. The normalized spacial score (nSPS) is 10.0. The predicted molar refractivity (Wildman–Crippen MR) is 91.7 cm³/mol. The van der Waals surface area contributed by atoms with Gasteiger partial charge in [0.15, 0.2) is 6.61 Å². The van der Waals surface area contributed by atoms with E-state index < -0.39 is 0 Å². The van der Waals surface area contributed by atoms with E-state index in [9.17, 15) is 4.79 Å². The van der Waals surface area contributed by atoms with Crippen LogP contribution in [0.3, 0.4) is 0 Å². The minimum atomic E-state index is -0.350. The Balaban J connectivity index is 2.02. The van der Waals surface area contributed by atoms with E-state index in [1.54, 1.807) is 36.4 Å². The first-order valence-corrected chi connectivity index (χ1v) is 7.42. The van der Waals surface area contributed by atoms with Crippen LogP contribution in [0.5, 0.6) is 23.0 Å². The van der Waals surface area contributed by atoms with Gasteiger partial charge in [-0.25, -0.2) is 0 Å². The van der Waals surface area contributed by atoms with E-state index >= 15 is 0 Å². The van der Waals surface area contributed by atoms with Gasteiger partial charge < -0.3 is 24.3 Å². The maximum absolute atomic E-state index is 12.1. The van der Waals surface area contributed by atoms with Crippen molar-refractivity contribution in [1.29, 1.82) is 0 Å². The van der Waals surface area contributed by atoms with Crippen LogP contribution in [-0.4, -0.2) is 33.8 Å². The Kier molecular flexibility index (Phi) is 6.14. The van der Waals surface area contributed by atoms with Crippen LogP contribution >= 0.6 is 11.6 Å². The molecule has 7 heteroatoms. The van der Waals surface area contributed by atoms with E-state index in [0.29, 0.717) is 33.7 Å². The second-order valence-electron chi connectivity index (χ2n) is 4.73. The molecule has 0 saturated carbocycles. The van der Waals surface area contributed by atoms with Gasteiger partial charge in [0.2, 0.25) is 0 Å². The van der Waals surface area contributed by atoms with Crippen LogP contribution in [0.25, 0.3) is 0 Å². The maximum atomic E-state index is 12.1. The van der Waals surface area contributed by atoms with Crippen molar-refractivity contribution in [1.82, 2.24) is 0 Å². The summed E-state index contributed by atoms with van der Waals surface area (Å²) < 4.78 is 21.0. The molecular weight excluding hydrogens is 334 g/mol. The molecule has 0 radical (unpaired) electrons. The third kappa shape index (κ3) is 4.70. The van der Waals surface area contributed by atoms with Crippen molar-refractivity contribution in [3.05, 3.63) is 41.4 Å². The Morgan fingerprint density at radius 1 is 0.958 bits per heavy atom. The number of hydrogen-bond donors (Lipinski definition) is 1. The van der Waals surface area contributed by atoms with E-state index in [1.165, 1.54) is 21.3 Å². The number of hydrogen-bond acceptors (Lipinski definition) is 5. The van der Waals surface area contributed by atoms with Gasteiger partial charge in [0.1, 0.15) is 23.0 Å². The third-order valence-electron chi connectivity index (χ3n) is 3.13. The number of amides is 1. The molecule has 0 aliphatic heterocycles. The molecular formula is C17H18ClNO5. The molecule has 1 N–H and O–H groups in total. The van der Waals surface area contributed by atoms with Crippen LogP contribution in [0.1, 0.15) is 0 Å². The molecule has 0 unspecified atom stereocenters. The molecule has 128 valence electrons. The average Bonchev–Trinajstić information content (AvgIpc) is 2.59. The lowest BCUT2D eigenvalue weighted by atomic mass is 10.3. The lowest BCUT2D eigenvalue weighted by molar-refractivity contribution is -0.118. The van der Waals surface area contributed by atoms with Gasteiger partial charge in [-0.15, -0.1) is 0 Å². The predicted octanol–water partition coefficient (Wildman–Crippen LogP) is 3.38. The van der Waals surface area contributed by atoms with Gasteiger partial charge in [0.25, 0.3) is 5.91 Å². The number of methoxy groups -OCH3 is 3. The van der Waals surface area contributed by atoms with Crippen LogP contribution < -0.4 is 24.3 Å². The number of anilines is 1. The largest absolute Gasteiger partial charge is 0.496 e. The number of nitrogens with one attached hydrogen (secondary N) is 1. The molecule has 0 bridgehead atoms. The average molecular weight is 352 g/mol. The molecule has 2 aromatic rings. The monoisotopic (exact) mass is 351 g/mol. The summed E-state index contributed by atoms with van der Waals surface area (Å²) in [6.07, 6.45) is 0. The van der Waals surface area contributed by atoms with E-state index in [-0.39, 0.29) is 12.5 Å². The van der Waals surface area contributed by atoms with E-state index in [0.717, 1.165) is 0 Å². The highest BCUT2D eigenvalue weighted by Crippen LogP contribution is 2.29. The van der Waals surface area contributed by atoms with Crippen molar-refractivity contribution in [3.63, 3.8) is 0 Å². The van der Waals surface area contributed by atoms with Crippen molar-refractivity contribution < 1.29 is 23.7 Å². The molecule has 0 aromatic heterocycles. The van der Waals surface area contributed by atoms with Crippen molar-refractivity contribution in [3.8, 4) is 23.0 Å². The zero-order chi connectivity index (χ0) is 17.5. The molecule has 24 heavy (non-hydrogen) atoms. The van der Waals surface area contributed by atoms with Crippen molar-refractivity contribution in [2.75, 3.05) is 33.3 Å². The number of carbonyl (C=O) groups excluding carboxylic acids is 1. The fourth-order valence-electron chi connectivity index (χ4n) is 1.98. The summed E-state index contributed by atoms with van der Waals surface area (Å²) >= 11 is 5.93.